The van der Waals surface area contributed by atoms with Crippen molar-refractivity contribution in [2.75, 3.05) is 0 Å². The first-order valence-electron chi connectivity index (χ1n) is 5.24. The third-order valence-corrected chi connectivity index (χ3v) is 2.43. The van der Waals surface area contributed by atoms with Crippen LogP contribution in [0.5, 0.6) is 5.88 Å². The maximum atomic E-state index is 11.5. The number of aliphatic imine (C=N–C) groups is 1. The molecule has 0 atom stereocenters. The molecule has 1 aromatic rings. The SMILES string of the molecule is CCC(=NC1CC1)c1c(O)[nH]c(=O)[nH]c1=O. The second kappa shape index (κ2) is 3.96. The lowest BCUT2D eigenvalue weighted by Crippen LogP contribution is -2.27. The zero-order chi connectivity index (χ0) is 11.7. The number of aromatic amines is 2. The molecule has 1 saturated carbocycles. The number of hydrogen-bond acceptors (Lipinski definition) is 4. The Morgan fingerprint density at radius 2 is 2.12 bits per heavy atom. The maximum absolute atomic E-state index is 11.5. The lowest BCUT2D eigenvalue weighted by molar-refractivity contribution is 0.447. The van der Waals surface area contributed by atoms with E-state index in [0.717, 1.165) is 12.8 Å². The van der Waals surface area contributed by atoms with E-state index in [1.165, 1.54) is 0 Å². The van der Waals surface area contributed by atoms with Gasteiger partial charge in [0.25, 0.3) is 5.56 Å². The van der Waals surface area contributed by atoms with Crippen molar-refractivity contribution >= 4 is 5.71 Å². The van der Waals surface area contributed by atoms with Gasteiger partial charge in [0.15, 0.2) is 0 Å². The van der Waals surface area contributed by atoms with Crippen LogP contribution in [-0.2, 0) is 0 Å². The fourth-order valence-corrected chi connectivity index (χ4v) is 1.50. The summed E-state index contributed by atoms with van der Waals surface area (Å²) in [7, 11) is 0. The Labute approximate surface area is 91.1 Å². The van der Waals surface area contributed by atoms with E-state index >= 15 is 0 Å². The molecule has 0 radical (unpaired) electrons. The van der Waals surface area contributed by atoms with Gasteiger partial charge in [-0.2, -0.15) is 0 Å². The fourth-order valence-electron chi connectivity index (χ4n) is 1.50. The summed E-state index contributed by atoms with van der Waals surface area (Å²) in [5.41, 5.74) is -0.692. The number of hydrogen-bond donors (Lipinski definition) is 3. The summed E-state index contributed by atoms with van der Waals surface area (Å²) in [4.78, 5) is 31.0. The molecule has 2 rings (SSSR count). The van der Waals surface area contributed by atoms with Gasteiger partial charge >= 0.3 is 5.69 Å². The van der Waals surface area contributed by atoms with Crippen molar-refractivity contribution < 1.29 is 5.11 Å². The lowest BCUT2D eigenvalue weighted by Gasteiger charge is -2.04. The van der Waals surface area contributed by atoms with Gasteiger partial charge < -0.3 is 5.11 Å². The molecule has 6 heteroatoms. The summed E-state index contributed by atoms with van der Waals surface area (Å²) in [5, 5.41) is 9.55. The van der Waals surface area contributed by atoms with E-state index in [4.69, 9.17) is 0 Å². The summed E-state index contributed by atoms with van der Waals surface area (Å²) in [6.45, 7) is 1.85. The largest absolute Gasteiger partial charge is 0.494 e. The zero-order valence-corrected chi connectivity index (χ0v) is 8.91. The normalized spacial score (nSPS) is 16.4. The van der Waals surface area contributed by atoms with Crippen molar-refractivity contribution in [2.45, 2.75) is 32.2 Å². The van der Waals surface area contributed by atoms with Crippen molar-refractivity contribution in [1.29, 1.82) is 0 Å². The number of nitrogens with one attached hydrogen (secondary N) is 2. The highest BCUT2D eigenvalue weighted by molar-refractivity contribution is 6.02. The van der Waals surface area contributed by atoms with Crippen LogP contribution in [-0.4, -0.2) is 26.8 Å². The van der Waals surface area contributed by atoms with Crippen molar-refractivity contribution in [3.05, 3.63) is 26.4 Å². The molecule has 0 aliphatic heterocycles. The molecule has 16 heavy (non-hydrogen) atoms. The first-order chi connectivity index (χ1) is 7.61. The van der Waals surface area contributed by atoms with Gasteiger partial charge in [-0.1, -0.05) is 6.92 Å². The minimum atomic E-state index is -0.715. The van der Waals surface area contributed by atoms with Crippen LogP contribution >= 0.6 is 0 Å². The van der Waals surface area contributed by atoms with Gasteiger partial charge in [0.2, 0.25) is 5.88 Å². The summed E-state index contributed by atoms with van der Waals surface area (Å²) < 4.78 is 0. The summed E-state index contributed by atoms with van der Waals surface area (Å²) in [5.74, 6) is -0.407. The van der Waals surface area contributed by atoms with Gasteiger partial charge in [-0.25, -0.2) is 4.79 Å². The van der Waals surface area contributed by atoms with Crippen molar-refractivity contribution in [1.82, 2.24) is 9.97 Å². The zero-order valence-electron chi connectivity index (χ0n) is 8.91. The van der Waals surface area contributed by atoms with Crippen LogP contribution in [0.1, 0.15) is 31.7 Å². The predicted molar refractivity (Wildman–Crippen MR) is 59.2 cm³/mol. The van der Waals surface area contributed by atoms with Crippen molar-refractivity contribution in [3.8, 4) is 5.88 Å². The maximum Gasteiger partial charge on any atom is 0.328 e. The average Bonchev–Trinajstić information content (AvgIpc) is 2.98. The molecule has 86 valence electrons. The van der Waals surface area contributed by atoms with Crippen LogP contribution in [0.4, 0.5) is 0 Å². The van der Waals surface area contributed by atoms with Gasteiger partial charge in [-0.3, -0.25) is 19.8 Å². The molecular weight excluding hydrogens is 210 g/mol. The molecule has 6 nitrogen and oxygen atoms in total. The molecule has 0 unspecified atom stereocenters. The van der Waals surface area contributed by atoms with Gasteiger partial charge in [-0.05, 0) is 19.3 Å². The summed E-state index contributed by atoms with van der Waals surface area (Å²) in [6, 6.07) is 0.265. The molecule has 3 N–H and O–H groups in total. The molecule has 1 aliphatic carbocycles. The Morgan fingerprint density at radius 1 is 1.44 bits per heavy atom. The molecule has 1 aromatic heterocycles. The highest BCUT2D eigenvalue weighted by atomic mass is 16.3. The summed E-state index contributed by atoms with van der Waals surface area (Å²) in [6.07, 6.45) is 2.58. The predicted octanol–water partition coefficient (Wildman–Crippen LogP) is 0.130. The number of aromatic hydroxyl groups is 1. The Hall–Kier alpha value is -1.85. The van der Waals surface area contributed by atoms with E-state index in [-0.39, 0.29) is 11.6 Å². The number of rotatable bonds is 3. The second-order valence-electron chi connectivity index (χ2n) is 3.79. The van der Waals surface area contributed by atoms with E-state index < -0.39 is 17.1 Å². The molecule has 0 spiro atoms. The third kappa shape index (κ3) is 2.05. The molecule has 0 amide bonds. The monoisotopic (exact) mass is 223 g/mol. The van der Waals surface area contributed by atoms with Crippen LogP contribution in [0.2, 0.25) is 0 Å². The van der Waals surface area contributed by atoms with E-state index in [0.29, 0.717) is 12.1 Å². The average molecular weight is 223 g/mol. The molecule has 1 aliphatic rings. The second-order valence-corrected chi connectivity index (χ2v) is 3.79. The van der Waals surface area contributed by atoms with Gasteiger partial charge in [0, 0.05) is 0 Å². The Kier molecular flexibility index (Phi) is 2.64. The van der Waals surface area contributed by atoms with Crippen molar-refractivity contribution in [2.24, 2.45) is 4.99 Å². The smallest absolute Gasteiger partial charge is 0.328 e. The first-order valence-corrected chi connectivity index (χ1v) is 5.24. The molecule has 0 bridgehead atoms. The van der Waals surface area contributed by atoms with Crippen LogP contribution in [0, 0.1) is 0 Å². The van der Waals surface area contributed by atoms with Crippen molar-refractivity contribution in [3.63, 3.8) is 0 Å². The van der Waals surface area contributed by atoms with Crippen LogP contribution in [0.3, 0.4) is 0 Å². The highest BCUT2D eigenvalue weighted by Gasteiger charge is 2.23. The Balaban J connectivity index is 2.53. The molecule has 1 heterocycles. The summed E-state index contributed by atoms with van der Waals surface area (Å²) >= 11 is 0. The molecule has 0 saturated heterocycles. The fraction of sp³-hybridized carbons (Fsp3) is 0.500. The van der Waals surface area contributed by atoms with Crippen LogP contribution < -0.4 is 11.2 Å². The number of H-pyrrole nitrogens is 2. The van der Waals surface area contributed by atoms with E-state index in [1.807, 2.05) is 6.92 Å². The Bertz CT molecular complexity index is 537. The van der Waals surface area contributed by atoms with Gasteiger partial charge in [0.05, 0.1) is 11.8 Å². The molecule has 0 aromatic carbocycles. The third-order valence-electron chi connectivity index (χ3n) is 2.43. The van der Waals surface area contributed by atoms with E-state index in [2.05, 4.69) is 15.0 Å². The van der Waals surface area contributed by atoms with E-state index in [1.54, 1.807) is 0 Å². The quantitative estimate of drug-likeness (QED) is 0.635. The lowest BCUT2D eigenvalue weighted by atomic mass is 10.1. The number of aromatic nitrogens is 2. The molecule has 1 fully saturated rings. The number of nitrogens with zero attached hydrogens (tertiary/aromatic N) is 1. The topological polar surface area (TPSA) is 98.3 Å². The minimum absolute atomic E-state index is 0.0778. The van der Waals surface area contributed by atoms with Crippen LogP contribution in [0.15, 0.2) is 14.6 Å². The Morgan fingerprint density at radius 3 is 2.62 bits per heavy atom. The van der Waals surface area contributed by atoms with E-state index in [9.17, 15) is 14.7 Å². The van der Waals surface area contributed by atoms with Gasteiger partial charge in [-0.15, -0.1) is 0 Å². The first kappa shape index (κ1) is 10.7. The highest BCUT2D eigenvalue weighted by Crippen LogP contribution is 2.25. The standard InChI is InChI=1S/C10H13N3O3/c1-2-6(11-5-3-4-5)7-8(14)12-10(16)13-9(7)15/h5H,2-4H2,1H3,(H3,12,13,14,15,16). The van der Waals surface area contributed by atoms with Crippen LogP contribution in [0.25, 0.3) is 0 Å². The van der Waals surface area contributed by atoms with Gasteiger partial charge in [0.1, 0.15) is 5.56 Å². The molecular formula is C10H13N3O3. The minimum Gasteiger partial charge on any atom is -0.494 e.